The van der Waals surface area contributed by atoms with Crippen molar-refractivity contribution in [1.82, 2.24) is 0 Å². The van der Waals surface area contributed by atoms with Gasteiger partial charge in [-0.05, 0) is 60.7 Å². The molecule has 0 aliphatic rings. The van der Waals surface area contributed by atoms with Crippen LogP contribution in [0.2, 0.25) is 0 Å². The summed E-state index contributed by atoms with van der Waals surface area (Å²) in [5, 5.41) is 19.2. The highest BCUT2D eigenvalue weighted by Crippen LogP contribution is 2.13. The highest BCUT2D eigenvalue weighted by molar-refractivity contribution is 5.58. The molecule has 4 aromatic carbocycles. The molecule has 4 aromatic rings. The zero-order valence-corrected chi connectivity index (χ0v) is 17.1. The maximum absolute atomic E-state index is 9.62. The molecular weight excluding hydrogens is 392 g/mol. The van der Waals surface area contributed by atoms with Gasteiger partial charge in [0.1, 0.15) is 11.5 Å². The van der Waals surface area contributed by atoms with Gasteiger partial charge in [-0.2, -0.15) is 0 Å². The summed E-state index contributed by atoms with van der Waals surface area (Å²) in [5.74, 6) is 19.2. The van der Waals surface area contributed by atoms with Crippen LogP contribution in [0.5, 0.6) is 11.5 Å². The van der Waals surface area contributed by atoms with Gasteiger partial charge in [-0.1, -0.05) is 71.9 Å². The minimum absolute atomic E-state index is 0.188. The number of hydrogen-bond acceptors (Lipinski definition) is 2. The minimum Gasteiger partial charge on any atom is -0.508 e. The van der Waals surface area contributed by atoms with Gasteiger partial charge in [0.05, 0.1) is 0 Å². The fraction of sp³-hybridized carbons (Fsp3) is 0. The topological polar surface area (TPSA) is 40.5 Å². The molecule has 4 rings (SSSR count). The van der Waals surface area contributed by atoms with Crippen LogP contribution in [-0.2, 0) is 0 Å². The van der Waals surface area contributed by atoms with Gasteiger partial charge in [0, 0.05) is 33.4 Å². The third kappa shape index (κ3) is 5.40. The van der Waals surface area contributed by atoms with E-state index in [2.05, 4.69) is 35.5 Å². The van der Waals surface area contributed by atoms with Crippen LogP contribution in [0.3, 0.4) is 0 Å². The van der Waals surface area contributed by atoms with Crippen LogP contribution in [0, 0.1) is 35.5 Å². The van der Waals surface area contributed by atoms with Crippen LogP contribution in [0.4, 0.5) is 0 Å². The number of benzene rings is 4. The van der Waals surface area contributed by atoms with Crippen molar-refractivity contribution in [2.45, 2.75) is 0 Å². The summed E-state index contributed by atoms with van der Waals surface area (Å²) in [6.07, 6.45) is 0. The molecule has 0 saturated carbocycles. The molecule has 0 amide bonds. The fourth-order valence-corrected chi connectivity index (χ4v) is 2.98. The Balaban J connectivity index is 1.65. The molecule has 2 N–H and O–H groups in total. The van der Waals surface area contributed by atoms with Crippen molar-refractivity contribution in [1.29, 1.82) is 0 Å². The Kier molecular flexibility index (Phi) is 6.24. The number of phenols is 2. The van der Waals surface area contributed by atoms with Gasteiger partial charge in [-0.25, -0.2) is 0 Å². The van der Waals surface area contributed by atoms with E-state index in [1.54, 1.807) is 36.4 Å². The second-order valence-corrected chi connectivity index (χ2v) is 6.94. The van der Waals surface area contributed by atoms with Crippen molar-refractivity contribution in [2.24, 2.45) is 0 Å². The first-order chi connectivity index (χ1) is 15.7. The lowest BCUT2D eigenvalue weighted by atomic mass is 10.0. The average molecular weight is 410 g/mol. The Hall–Kier alpha value is -4.84. The van der Waals surface area contributed by atoms with E-state index in [0.29, 0.717) is 0 Å². The van der Waals surface area contributed by atoms with E-state index in [0.717, 1.165) is 33.4 Å². The number of phenolic OH excluding ortho intramolecular Hbond substituents is 2. The molecule has 0 atom stereocenters. The molecular formula is C30H18O2. The van der Waals surface area contributed by atoms with Crippen LogP contribution < -0.4 is 0 Å². The Morgan fingerprint density at radius 1 is 0.375 bits per heavy atom. The highest BCUT2D eigenvalue weighted by atomic mass is 16.3. The third-order valence-electron chi connectivity index (χ3n) is 4.56. The van der Waals surface area contributed by atoms with Gasteiger partial charge >= 0.3 is 0 Å². The number of rotatable bonds is 0. The van der Waals surface area contributed by atoms with Crippen LogP contribution in [-0.4, -0.2) is 10.2 Å². The predicted octanol–water partition coefficient (Wildman–Crippen LogP) is 5.30. The van der Waals surface area contributed by atoms with Gasteiger partial charge in [-0.15, -0.1) is 0 Å². The van der Waals surface area contributed by atoms with E-state index in [4.69, 9.17) is 0 Å². The average Bonchev–Trinajstić information content (AvgIpc) is 2.81. The second-order valence-electron chi connectivity index (χ2n) is 6.94. The van der Waals surface area contributed by atoms with E-state index >= 15 is 0 Å². The molecule has 0 bridgehead atoms. The largest absolute Gasteiger partial charge is 0.508 e. The molecule has 32 heavy (non-hydrogen) atoms. The molecule has 0 radical (unpaired) electrons. The third-order valence-corrected chi connectivity index (χ3v) is 4.56. The van der Waals surface area contributed by atoms with Crippen molar-refractivity contribution in [3.8, 4) is 47.0 Å². The summed E-state index contributed by atoms with van der Waals surface area (Å²) in [7, 11) is 0. The first kappa shape index (κ1) is 20.4. The minimum atomic E-state index is 0.188. The molecule has 0 aromatic heterocycles. The van der Waals surface area contributed by atoms with Crippen LogP contribution in [0.1, 0.15) is 33.4 Å². The monoisotopic (exact) mass is 410 g/mol. The Morgan fingerprint density at radius 3 is 1.06 bits per heavy atom. The zero-order valence-electron chi connectivity index (χ0n) is 17.1. The summed E-state index contributed by atoms with van der Waals surface area (Å²) in [6, 6.07) is 29.1. The van der Waals surface area contributed by atoms with Crippen molar-refractivity contribution in [3.63, 3.8) is 0 Å². The summed E-state index contributed by atoms with van der Waals surface area (Å²) in [5.41, 5.74) is 4.73. The van der Waals surface area contributed by atoms with Crippen molar-refractivity contribution in [3.05, 3.63) is 130 Å². The Bertz CT molecular complexity index is 1350. The molecule has 0 fully saturated rings. The van der Waals surface area contributed by atoms with Gasteiger partial charge in [-0.3, -0.25) is 0 Å². The number of aromatic hydroxyl groups is 2. The summed E-state index contributed by atoms with van der Waals surface area (Å²) >= 11 is 0. The fourth-order valence-electron chi connectivity index (χ4n) is 2.98. The summed E-state index contributed by atoms with van der Waals surface area (Å²) < 4.78 is 0. The van der Waals surface area contributed by atoms with Crippen LogP contribution in [0.25, 0.3) is 0 Å². The molecule has 0 unspecified atom stereocenters. The highest BCUT2D eigenvalue weighted by Gasteiger charge is 1.98. The van der Waals surface area contributed by atoms with Crippen LogP contribution in [0.15, 0.2) is 97.1 Å². The molecule has 0 aliphatic carbocycles. The molecule has 150 valence electrons. The normalized spacial score (nSPS) is 9.38. The predicted molar refractivity (Wildman–Crippen MR) is 127 cm³/mol. The lowest BCUT2D eigenvalue weighted by molar-refractivity contribution is 0.474. The first-order valence-corrected chi connectivity index (χ1v) is 9.99. The number of hydrogen-bond donors (Lipinski definition) is 2. The van der Waals surface area contributed by atoms with Crippen molar-refractivity contribution < 1.29 is 10.2 Å². The van der Waals surface area contributed by atoms with Crippen molar-refractivity contribution >= 4 is 0 Å². The smallest absolute Gasteiger partial charge is 0.116 e. The van der Waals surface area contributed by atoms with E-state index in [9.17, 15) is 10.2 Å². The Morgan fingerprint density at radius 2 is 0.719 bits per heavy atom. The SMILES string of the molecule is Oc1cccc(C#Cc2ccccc2C#Cc2ccccc2C#Cc2cccc(O)c2)c1. The molecule has 2 heteroatoms. The first-order valence-electron chi connectivity index (χ1n) is 9.99. The molecule has 2 nitrogen and oxygen atoms in total. The lowest BCUT2D eigenvalue weighted by Crippen LogP contribution is -1.86. The molecule has 0 aliphatic heterocycles. The second kappa shape index (κ2) is 9.77. The van der Waals surface area contributed by atoms with Gasteiger partial charge in [0.15, 0.2) is 0 Å². The molecule has 0 heterocycles. The van der Waals surface area contributed by atoms with Gasteiger partial charge in [0.25, 0.3) is 0 Å². The maximum Gasteiger partial charge on any atom is 0.116 e. The van der Waals surface area contributed by atoms with E-state index in [1.165, 1.54) is 0 Å². The van der Waals surface area contributed by atoms with Gasteiger partial charge in [0.2, 0.25) is 0 Å². The summed E-state index contributed by atoms with van der Waals surface area (Å²) in [4.78, 5) is 0. The van der Waals surface area contributed by atoms with Gasteiger partial charge < -0.3 is 10.2 Å². The Labute approximate surface area is 187 Å². The van der Waals surface area contributed by atoms with E-state index in [-0.39, 0.29) is 11.5 Å². The summed E-state index contributed by atoms with van der Waals surface area (Å²) in [6.45, 7) is 0. The zero-order chi connectivity index (χ0) is 22.2. The van der Waals surface area contributed by atoms with E-state index in [1.807, 2.05) is 60.7 Å². The quantitative estimate of drug-likeness (QED) is 0.387. The standard InChI is InChI=1S/C30H18O2/c31-29-13-5-7-23(21-29)15-17-25-9-1-3-11-27(25)19-20-28-12-4-2-10-26(28)18-16-24-8-6-14-30(32)22-24/h1-14,21-22,31-32H. The maximum atomic E-state index is 9.62. The van der Waals surface area contributed by atoms with Crippen molar-refractivity contribution in [2.75, 3.05) is 0 Å². The molecule has 0 spiro atoms. The van der Waals surface area contributed by atoms with E-state index < -0.39 is 0 Å². The van der Waals surface area contributed by atoms with Crippen LogP contribution >= 0.6 is 0 Å². The lowest BCUT2D eigenvalue weighted by Gasteiger charge is -1.98. The molecule has 0 saturated heterocycles.